The van der Waals surface area contributed by atoms with E-state index in [-0.39, 0.29) is 0 Å². The van der Waals surface area contributed by atoms with E-state index >= 15 is 0 Å². The molecule has 0 N–H and O–H groups in total. The topological polar surface area (TPSA) is 25.4 Å². The van der Waals surface area contributed by atoms with Gasteiger partial charge in [0.1, 0.15) is 5.82 Å². The third kappa shape index (κ3) is 2.44. The molecule has 0 radical (unpaired) electrons. The lowest BCUT2D eigenvalue weighted by Gasteiger charge is -2.25. The lowest BCUT2D eigenvalue weighted by atomic mass is 10.2. The third-order valence-electron chi connectivity index (χ3n) is 2.58. The van der Waals surface area contributed by atoms with Gasteiger partial charge < -0.3 is 9.64 Å². The number of ether oxygens (including phenoxy) is 1. The Bertz CT molecular complexity index is 355. The number of halogens is 2. The first kappa shape index (κ1) is 11.2. The first-order valence-electron chi connectivity index (χ1n) is 4.80. The van der Waals surface area contributed by atoms with Gasteiger partial charge in [-0.1, -0.05) is 11.6 Å². The van der Waals surface area contributed by atoms with Crippen molar-refractivity contribution < 1.29 is 4.74 Å². The molecular weight excluding hydrogens is 279 g/mol. The number of likely N-dealkylation sites (N-methyl/N-ethyl adjacent to an activating group) is 1. The number of anilines is 1. The van der Waals surface area contributed by atoms with Crippen LogP contribution in [0.5, 0.6) is 0 Å². The molecule has 0 saturated carbocycles. The summed E-state index contributed by atoms with van der Waals surface area (Å²) in [6, 6.07) is 2.27. The van der Waals surface area contributed by atoms with Crippen molar-refractivity contribution in [3.8, 4) is 0 Å². The molecule has 1 atom stereocenters. The van der Waals surface area contributed by atoms with E-state index in [1.54, 1.807) is 6.20 Å². The molecule has 5 heteroatoms. The molecule has 0 aromatic carbocycles. The standard InChI is InChI=1S/C10H12BrClN2O/c1-14(8-2-3-15-6-8)10-9(11)4-7(12)5-13-10/h4-5,8H,2-3,6H2,1H3. The number of nitrogens with zero attached hydrogens (tertiary/aromatic N) is 2. The van der Waals surface area contributed by atoms with E-state index < -0.39 is 0 Å². The van der Waals surface area contributed by atoms with Gasteiger partial charge in [-0.15, -0.1) is 0 Å². The Hall–Kier alpha value is -0.320. The van der Waals surface area contributed by atoms with E-state index in [0.29, 0.717) is 11.1 Å². The van der Waals surface area contributed by atoms with Crippen molar-refractivity contribution in [3.63, 3.8) is 0 Å². The summed E-state index contributed by atoms with van der Waals surface area (Å²) in [5.41, 5.74) is 0. The highest BCUT2D eigenvalue weighted by molar-refractivity contribution is 9.10. The summed E-state index contributed by atoms with van der Waals surface area (Å²) in [7, 11) is 2.03. The van der Waals surface area contributed by atoms with Crippen LogP contribution in [0, 0.1) is 0 Å². The fraction of sp³-hybridized carbons (Fsp3) is 0.500. The molecular formula is C10H12BrClN2O. The summed E-state index contributed by atoms with van der Waals surface area (Å²) in [5, 5.41) is 0.640. The van der Waals surface area contributed by atoms with Crippen LogP contribution in [0.1, 0.15) is 6.42 Å². The molecule has 1 aromatic rings. The molecule has 3 nitrogen and oxygen atoms in total. The molecule has 1 unspecified atom stereocenters. The lowest BCUT2D eigenvalue weighted by molar-refractivity contribution is 0.193. The molecule has 1 fully saturated rings. The van der Waals surface area contributed by atoms with Crippen molar-refractivity contribution in [2.45, 2.75) is 12.5 Å². The van der Waals surface area contributed by atoms with Crippen LogP contribution in [0.2, 0.25) is 5.02 Å². The summed E-state index contributed by atoms with van der Waals surface area (Å²) < 4.78 is 6.27. The van der Waals surface area contributed by atoms with Crippen LogP contribution < -0.4 is 4.90 Å². The molecule has 0 amide bonds. The molecule has 1 aliphatic heterocycles. The van der Waals surface area contributed by atoms with E-state index in [0.717, 1.165) is 29.9 Å². The Morgan fingerprint density at radius 3 is 3.07 bits per heavy atom. The average Bonchev–Trinajstić information content (AvgIpc) is 2.69. The molecule has 0 bridgehead atoms. The largest absolute Gasteiger partial charge is 0.379 e. The van der Waals surface area contributed by atoms with E-state index in [9.17, 15) is 0 Å². The fourth-order valence-corrected chi connectivity index (χ4v) is 2.59. The van der Waals surface area contributed by atoms with Crippen molar-refractivity contribution in [1.82, 2.24) is 4.98 Å². The summed E-state index contributed by atoms with van der Waals surface area (Å²) in [5.74, 6) is 0.912. The maximum absolute atomic E-state index is 5.85. The molecule has 2 heterocycles. The minimum Gasteiger partial charge on any atom is -0.379 e. The van der Waals surface area contributed by atoms with Gasteiger partial charge in [-0.25, -0.2) is 4.98 Å². The van der Waals surface area contributed by atoms with E-state index in [1.807, 2.05) is 13.1 Å². The smallest absolute Gasteiger partial charge is 0.143 e. The summed E-state index contributed by atoms with van der Waals surface area (Å²) in [6.07, 6.45) is 2.71. The van der Waals surface area contributed by atoms with Gasteiger partial charge in [0, 0.05) is 19.9 Å². The average molecular weight is 292 g/mol. The Morgan fingerprint density at radius 1 is 1.67 bits per heavy atom. The first-order valence-corrected chi connectivity index (χ1v) is 5.97. The molecule has 0 aliphatic carbocycles. The fourth-order valence-electron chi connectivity index (χ4n) is 1.67. The highest BCUT2D eigenvalue weighted by Crippen LogP contribution is 2.28. The molecule has 1 saturated heterocycles. The number of aromatic nitrogens is 1. The molecule has 15 heavy (non-hydrogen) atoms. The molecule has 1 aromatic heterocycles. The minimum atomic E-state index is 0.412. The summed E-state index contributed by atoms with van der Waals surface area (Å²) in [6.45, 7) is 1.60. The Kier molecular flexibility index (Phi) is 3.49. The highest BCUT2D eigenvalue weighted by atomic mass is 79.9. The van der Waals surface area contributed by atoms with Gasteiger partial charge in [0.15, 0.2) is 0 Å². The van der Waals surface area contributed by atoms with E-state index in [1.165, 1.54) is 0 Å². The second kappa shape index (κ2) is 4.68. The van der Waals surface area contributed by atoms with Gasteiger partial charge in [-0.05, 0) is 28.4 Å². The molecule has 1 aliphatic rings. The Balaban J connectivity index is 2.20. The lowest BCUT2D eigenvalue weighted by Crippen LogP contribution is -2.32. The SMILES string of the molecule is CN(c1ncc(Cl)cc1Br)C1CCOC1. The van der Waals surface area contributed by atoms with Crippen LogP contribution >= 0.6 is 27.5 Å². The van der Waals surface area contributed by atoms with Gasteiger partial charge in [0.2, 0.25) is 0 Å². The predicted molar refractivity (Wildman–Crippen MR) is 64.6 cm³/mol. The first-order chi connectivity index (χ1) is 7.18. The maximum Gasteiger partial charge on any atom is 0.143 e. The van der Waals surface area contributed by atoms with Crippen LogP contribution in [-0.4, -0.2) is 31.3 Å². The second-order valence-corrected chi connectivity index (χ2v) is 4.88. The zero-order valence-electron chi connectivity index (χ0n) is 8.41. The van der Waals surface area contributed by atoms with Crippen molar-refractivity contribution in [2.75, 3.05) is 25.2 Å². The van der Waals surface area contributed by atoms with Gasteiger partial charge >= 0.3 is 0 Å². The van der Waals surface area contributed by atoms with E-state index in [2.05, 4.69) is 25.8 Å². The monoisotopic (exact) mass is 290 g/mol. The van der Waals surface area contributed by atoms with Gasteiger partial charge in [-0.3, -0.25) is 0 Å². The van der Waals surface area contributed by atoms with E-state index in [4.69, 9.17) is 16.3 Å². The van der Waals surface area contributed by atoms with Gasteiger partial charge in [-0.2, -0.15) is 0 Å². The number of hydrogen-bond acceptors (Lipinski definition) is 3. The molecule has 82 valence electrons. The normalized spacial score (nSPS) is 20.6. The third-order valence-corrected chi connectivity index (χ3v) is 3.37. The van der Waals surface area contributed by atoms with Crippen molar-refractivity contribution >= 4 is 33.3 Å². The van der Waals surface area contributed by atoms with Gasteiger partial charge in [0.05, 0.1) is 22.1 Å². The van der Waals surface area contributed by atoms with Crippen LogP contribution in [0.3, 0.4) is 0 Å². The predicted octanol–water partition coefficient (Wildman–Crippen LogP) is 2.72. The van der Waals surface area contributed by atoms with Crippen molar-refractivity contribution in [2.24, 2.45) is 0 Å². The van der Waals surface area contributed by atoms with Crippen LogP contribution in [0.4, 0.5) is 5.82 Å². The maximum atomic E-state index is 5.85. The van der Waals surface area contributed by atoms with Gasteiger partial charge in [0.25, 0.3) is 0 Å². The van der Waals surface area contributed by atoms with Crippen LogP contribution in [0.25, 0.3) is 0 Å². The van der Waals surface area contributed by atoms with Crippen molar-refractivity contribution in [3.05, 3.63) is 21.8 Å². The van der Waals surface area contributed by atoms with Crippen molar-refractivity contribution in [1.29, 1.82) is 0 Å². The Labute approximate surface area is 103 Å². The minimum absolute atomic E-state index is 0.412. The Morgan fingerprint density at radius 2 is 2.47 bits per heavy atom. The highest BCUT2D eigenvalue weighted by Gasteiger charge is 2.22. The molecule has 2 rings (SSSR count). The van der Waals surface area contributed by atoms with Crippen LogP contribution in [0.15, 0.2) is 16.7 Å². The summed E-state index contributed by atoms with van der Waals surface area (Å²) in [4.78, 5) is 6.45. The van der Waals surface area contributed by atoms with Crippen LogP contribution in [-0.2, 0) is 4.74 Å². The second-order valence-electron chi connectivity index (χ2n) is 3.59. The quantitative estimate of drug-likeness (QED) is 0.838. The number of rotatable bonds is 2. The zero-order valence-corrected chi connectivity index (χ0v) is 10.8. The zero-order chi connectivity index (χ0) is 10.8. The number of pyridine rings is 1. The number of hydrogen-bond donors (Lipinski definition) is 0. The summed E-state index contributed by atoms with van der Waals surface area (Å²) >= 11 is 9.31. The molecule has 0 spiro atoms.